The lowest BCUT2D eigenvalue weighted by molar-refractivity contribution is -0.305. The van der Waals surface area contributed by atoms with Gasteiger partial charge in [0.05, 0.1) is 25.4 Å². The summed E-state index contributed by atoms with van der Waals surface area (Å²) >= 11 is 0. The van der Waals surface area contributed by atoms with E-state index in [1.54, 1.807) is 6.08 Å². The Hall–Kier alpha value is -2.12. The molecule has 0 spiro atoms. The summed E-state index contributed by atoms with van der Waals surface area (Å²) in [5, 5.41) is 56.9. The second-order valence-corrected chi connectivity index (χ2v) is 21.1. The Bertz CT molecular complexity index is 1310. The molecule has 8 atom stereocenters. The van der Waals surface area contributed by atoms with Gasteiger partial charge in [0, 0.05) is 6.42 Å². The molecule has 72 heavy (non-hydrogen) atoms. The summed E-state index contributed by atoms with van der Waals surface area (Å²) in [4.78, 5) is 26.5. The summed E-state index contributed by atoms with van der Waals surface area (Å²) in [5.74, 6) is -1.20. The van der Waals surface area contributed by atoms with Crippen molar-refractivity contribution < 1.29 is 49.3 Å². The van der Waals surface area contributed by atoms with Crippen molar-refractivity contribution in [3.05, 3.63) is 36.5 Å². The minimum atomic E-state index is -1.61. The van der Waals surface area contributed by atoms with Gasteiger partial charge in [-0.2, -0.15) is 0 Å². The molecule has 8 unspecified atom stereocenters. The Morgan fingerprint density at radius 2 is 0.944 bits per heavy atom. The van der Waals surface area contributed by atoms with Crippen LogP contribution in [0.4, 0.5) is 0 Å². The largest absolute Gasteiger partial charge is 0.454 e. The lowest BCUT2D eigenvalue weighted by Crippen LogP contribution is -2.61. The molecule has 0 aromatic carbocycles. The first-order valence-corrected chi connectivity index (χ1v) is 30.3. The van der Waals surface area contributed by atoms with Gasteiger partial charge in [0.1, 0.15) is 24.4 Å². The maximum absolute atomic E-state index is 13.4. The van der Waals surface area contributed by atoms with Crippen LogP contribution in [0.2, 0.25) is 0 Å². The average Bonchev–Trinajstić information content (AvgIpc) is 3.38. The molecule has 0 radical (unpaired) electrons. The van der Waals surface area contributed by atoms with Crippen molar-refractivity contribution in [1.82, 2.24) is 5.32 Å². The highest BCUT2D eigenvalue weighted by molar-refractivity contribution is 5.80. The molecule has 1 amide bonds. The van der Waals surface area contributed by atoms with Crippen LogP contribution in [0.5, 0.6) is 0 Å². The second kappa shape index (κ2) is 49.7. The molecular formula is C61H113NO10. The summed E-state index contributed by atoms with van der Waals surface area (Å²) in [6, 6.07) is -1.03. The summed E-state index contributed by atoms with van der Waals surface area (Å²) in [7, 11) is 0. The van der Waals surface area contributed by atoms with Gasteiger partial charge in [0.15, 0.2) is 12.4 Å². The van der Waals surface area contributed by atoms with E-state index in [2.05, 4.69) is 50.4 Å². The van der Waals surface area contributed by atoms with Crippen molar-refractivity contribution in [3.8, 4) is 0 Å². The molecule has 0 aromatic heterocycles. The van der Waals surface area contributed by atoms with Crippen LogP contribution in [0.3, 0.4) is 0 Å². The second-order valence-electron chi connectivity index (χ2n) is 21.1. The highest BCUT2D eigenvalue weighted by atomic mass is 16.7. The maximum Gasteiger partial charge on any atom is 0.306 e. The Balaban J connectivity index is 2.70. The smallest absolute Gasteiger partial charge is 0.306 e. The van der Waals surface area contributed by atoms with Gasteiger partial charge in [0.25, 0.3) is 0 Å². The van der Waals surface area contributed by atoms with Gasteiger partial charge in [-0.05, 0) is 51.4 Å². The van der Waals surface area contributed by atoms with E-state index in [0.717, 1.165) is 77.0 Å². The molecule has 0 aromatic rings. The molecule has 422 valence electrons. The fourth-order valence-corrected chi connectivity index (χ4v) is 9.47. The molecule has 6 N–H and O–H groups in total. The number of aliphatic hydroxyl groups excluding tert-OH is 5. The van der Waals surface area contributed by atoms with Crippen LogP contribution in [0.1, 0.15) is 278 Å². The number of ether oxygens (including phenoxy) is 3. The Morgan fingerprint density at radius 3 is 1.42 bits per heavy atom. The molecule has 11 nitrogen and oxygen atoms in total. The zero-order valence-corrected chi connectivity index (χ0v) is 46.6. The van der Waals surface area contributed by atoms with E-state index in [1.165, 1.54) is 154 Å². The number of hydrogen-bond donors (Lipinski definition) is 6. The van der Waals surface area contributed by atoms with E-state index < -0.39 is 67.4 Å². The molecule has 0 aliphatic carbocycles. The van der Waals surface area contributed by atoms with Gasteiger partial charge in [-0.25, -0.2) is 0 Å². The maximum atomic E-state index is 13.4. The van der Waals surface area contributed by atoms with Crippen LogP contribution in [0, 0.1) is 0 Å². The monoisotopic (exact) mass is 1020 g/mol. The molecule has 1 heterocycles. The third kappa shape index (κ3) is 37.6. The Kier molecular flexibility index (Phi) is 46.9. The first kappa shape index (κ1) is 67.9. The molecule has 11 heteroatoms. The van der Waals surface area contributed by atoms with Crippen molar-refractivity contribution in [2.24, 2.45) is 0 Å². The Morgan fingerprint density at radius 1 is 0.542 bits per heavy atom. The minimum Gasteiger partial charge on any atom is -0.454 e. The number of amides is 1. The predicted molar refractivity (Wildman–Crippen MR) is 297 cm³/mol. The molecule has 1 rings (SSSR count). The zero-order chi connectivity index (χ0) is 52.5. The fourth-order valence-electron chi connectivity index (χ4n) is 9.47. The van der Waals surface area contributed by atoms with Crippen LogP contribution >= 0.6 is 0 Å². The molecule has 1 saturated heterocycles. The first-order valence-electron chi connectivity index (χ1n) is 30.3. The molecule has 0 saturated carbocycles. The highest BCUT2D eigenvalue weighted by Crippen LogP contribution is 2.26. The highest BCUT2D eigenvalue weighted by Gasteiger charge is 2.47. The molecule has 1 aliphatic heterocycles. The number of nitrogens with one attached hydrogen (secondary N) is 1. The number of aliphatic hydroxyl groups is 5. The summed E-state index contributed by atoms with van der Waals surface area (Å²) in [6.45, 7) is 5.76. The van der Waals surface area contributed by atoms with Gasteiger partial charge in [-0.3, -0.25) is 9.59 Å². The molecule has 0 bridgehead atoms. The van der Waals surface area contributed by atoms with E-state index in [9.17, 15) is 35.1 Å². The number of esters is 1. The molecular weight excluding hydrogens is 907 g/mol. The van der Waals surface area contributed by atoms with E-state index in [1.807, 2.05) is 6.08 Å². The minimum absolute atomic E-state index is 0.127. The fraction of sp³-hybridized carbons (Fsp3) is 0.869. The topological polar surface area (TPSA) is 175 Å². The van der Waals surface area contributed by atoms with Gasteiger partial charge in [-0.15, -0.1) is 0 Å². The van der Waals surface area contributed by atoms with Gasteiger partial charge < -0.3 is 45.1 Å². The third-order valence-electron chi connectivity index (χ3n) is 14.3. The molecule has 1 fully saturated rings. The number of hydrogen-bond acceptors (Lipinski definition) is 10. The van der Waals surface area contributed by atoms with Crippen LogP contribution in [0.25, 0.3) is 0 Å². The lowest BCUT2D eigenvalue weighted by atomic mass is 9.99. The zero-order valence-electron chi connectivity index (χ0n) is 46.6. The number of rotatable bonds is 51. The third-order valence-corrected chi connectivity index (χ3v) is 14.3. The predicted octanol–water partition coefficient (Wildman–Crippen LogP) is 13.9. The number of carbonyl (C=O) groups excluding carboxylic acids is 2. The lowest BCUT2D eigenvalue weighted by Gasteiger charge is -2.41. The van der Waals surface area contributed by atoms with E-state index >= 15 is 0 Å². The van der Waals surface area contributed by atoms with Crippen LogP contribution in [0.15, 0.2) is 36.5 Å². The summed E-state index contributed by atoms with van der Waals surface area (Å²) < 4.78 is 17.6. The van der Waals surface area contributed by atoms with Gasteiger partial charge >= 0.3 is 5.97 Å². The summed E-state index contributed by atoms with van der Waals surface area (Å²) in [5.41, 5.74) is 0. The normalized spacial score (nSPS) is 19.7. The van der Waals surface area contributed by atoms with E-state index in [4.69, 9.17) is 14.2 Å². The van der Waals surface area contributed by atoms with Crippen molar-refractivity contribution in [3.63, 3.8) is 0 Å². The van der Waals surface area contributed by atoms with Crippen LogP contribution < -0.4 is 5.32 Å². The van der Waals surface area contributed by atoms with Crippen molar-refractivity contribution in [1.29, 1.82) is 0 Å². The van der Waals surface area contributed by atoms with E-state index in [0.29, 0.717) is 12.8 Å². The van der Waals surface area contributed by atoms with Gasteiger partial charge in [0.2, 0.25) is 5.91 Å². The average molecular weight is 1020 g/mol. The summed E-state index contributed by atoms with van der Waals surface area (Å²) in [6.07, 6.45) is 47.5. The van der Waals surface area contributed by atoms with E-state index in [-0.39, 0.29) is 19.4 Å². The van der Waals surface area contributed by atoms with Crippen LogP contribution in [-0.4, -0.2) is 99.6 Å². The Labute approximate surface area is 441 Å². The molecule has 1 aliphatic rings. The number of carbonyl (C=O) groups is 2. The van der Waals surface area contributed by atoms with Crippen molar-refractivity contribution >= 4 is 11.9 Å². The number of allylic oxidation sites excluding steroid dienone is 5. The van der Waals surface area contributed by atoms with Gasteiger partial charge in [-0.1, -0.05) is 256 Å². The SMILES string of the molecule is CCCCC/C=C/C=C/CCCCCCCC(O)C(=O)NC(COC1OC(CO)C(O)C(O)C1OC(=O)CCCCCCCCCCCCCCCCCCC)C(O)/C=C/CCCCCCCCCCCC. The number of unbranched alkanes of at least 4 members (excludes halogenated alkanes) is 34. The van der Waals surface area contributed by atoms with Crippen molar-refractivity contribution in [2.45, 2.75) is 327 Å². The quantitative estimate of drug-likeness (QED) is 0.0149. The van der Waals surface area contributed by atoms with Crippen molar-refractivity contribution in [2.75, 3.05) is 13.2 Å². The standard InChI is InChI=1S/C61H113NO10/c1-4-7-10-13-16-19-22-25-27-28-29-31-34-37-40-43-46-49-56(66)72-59-58(68)57(67)55(50-63)71-61(59)70-51-52(53(64)47-44-41-38-35-32-24-21-18-15-12-9-6-3)62-60(69)54(65)48-45-42-39-36-33-30-26-23-20-17-14-11-8-5-2/h17,20,23,26,44,47,52-55,57-59,61,63-65,67-68H,4-16,18-19,21-22,24-25,27-43,45-46,48-51H2,1-3H3,(H,62,69)/b20-17+,26-23+,47-44+. The van der Waals surface area contributed by atoms with Crippen LogP contribution in [-0.2, 0) is 23.8 Å². The first-order chi connectivity index (χ1) is 35.2.